The van der Waals surface area contributed by atoms with E-state index in [0.717, 1.165) is 17.1 Å². The molecule has 0 N–H and O–H groups in total. The van der Waals surface area contributed by atoms with Gasteiger partial charge in [0.05, 0.1) is 29.6 Å². The van der Waals surface area contributed by atoms with Crippen molar-refractivity contribution >= 4 is 18.5 Å². The Bertz CT molecular complexity index is 1220. The van der Waals surface area contributed by atoms with Crippen molar-refractivity contribution in [3.8, 4) is 11.4 Å². The molecule has 0 spiro atoms. The van der Waals surface area contributed by atoms with Crippen molar-refractivity contribution in [2.45, 2.75) is 39.5 Å². The third-order valence-electron chi connectivity index (χ3n) is 5.02. The molecule has 3 aromatic heterocycles. The number of carbonyl (C=O) groups is 1. The minimum absolute atomic E-state index is 0.300. The van der Waals surface area contributed by atoms with E-state index in [9.17, 15) is 4.79 Å². The van der Waals surface area contributed by atoms with Crippen molar-refractivity contribution in [3.05, 3.63) is 89.6 Å². The Balaban J connectivity index is 1.87. The van der Waals surface area contributed by atoms with Gasteiger partial charge in [-0.2, -0.15) is 0 Å². The smallest absolute Gasteiger partial charge is 0.315 e. The fraction of sp³-hybridized carbons (Fsp3) is 0.259. The van der Waals surface area contributed by atoms with E-state index in [1.807, 2.05) is 61.5 Å². The van der Waals surface area contributed by atoms with Gasteiger partial charge in [-0.15, -0.1) is 0 Å². The molecular weight excluding hydrogens is 426 g/mol. The zero-order valence-corrected chi connectivity index (χ0v) is 19.9. The lowest BCUT2D eigenvalue weighted by molar-refractivity contribution is -0.145. The first-order chi connectivity index (χ1) is 16.4. The summed E-state index contributed by atoms with van der Waals surface area (Å²) in [6, 6.07) is 17.0. The fourth-order valence-corrected chi connectivity index (χ4v) is 3.49. The molecule has 3 rings (SSSR count). The van der Waals surface area contributed by atoms with Crippen molar-refractivity contribution < 1.29 is 9.53 Å². The molecule has 0 amide bonds. The van der Waals surface area contributed by atoms with Crippen molar-refractivity contribution in [3.63, 3.8) is 0 Å². The van der Waals surface area contributed by atoms with E-state index < -0.39 is 5.92 Å². The van der Waals surface area contributed by atoms with Crippen LogP contribution in [-0.4, -0.2) is 40.1 Å². The zero-order valence-electron chi connectivity index (χ0n) is 19.9. The first-order valence-electron chi connectivity index (χ1n) is 11.2. The average Bonchev–Trinajstić information content (AvgIpc) is 2.83. The molecule has 0 bridgehead atoms. The number of pyridine rings is 3. The van der Waals surface area contributed by atoms with Gasteiger partial charge in [0.2, 0.25) is 0 Å². The summed E-state index contributed by atoms with van der Waals surface area (Å²) in [7, 11) is 0. The number of allylic oxidation sites excluding steroid dienone is 1. The number of hydrogen-bond acceptors (Lipinski definition) is 6. The van der Waals surface area contributed by atoms with Gasteiger partial charge in [0.25, 0.3) is 0 Å². The standard InChI is InChI=1S/C27H29N5O2/c1-6-34-27(33)21(22-12-9-14-24(32-22)23-13-7-10-19(4)30-23)17-16-20-11-8-15-25(31-20)26(28-5)29-18(2)3/h7-15,21H,2,5-6,16-17H2,1,3-4H3. The predicted molar refractivity (Wildman–Crippen MR) is 135 cm³/mol. The Hall–Kier alpha value is -4.00. The van der Waals surface area contributed by atoms with Gasteiger partial charge in [0.1, 0.15) is 5.69 Å². The maximum absolute atomic E-state index is 12.9. The Kier molecular flexibility index (Phi) is 8.51. The molecule has 1 atom stereocenters. The van der Waals surface area contributed by atoms with Crippen LogP contribution in [0.3, 0.4) is 0 Å². The molecule has 7 heteroatoms. The summed E-state index contributed by atoms with van der Waals surface area (Å²) >= 11 is 0. The summed E-state index contributed by atoms with van der Waals surface area (Å²) in [5.74, 6) is -0.426. The maximum Gasteiger partial charge on any atom is 0.315 e. The van der Waals surface area contributed by atoms with Crippen LogP contribution in [0.15, 0.2) is 76.9 Å². The van der Waals surface area contributed by atoms with Gasteiger partial charge in [-0.3, -0.25) is 14.8 Å². The Labute approximate surface area is 200 Å². The van der Waals surface area contributed by atoms with Crippen molar-refractivity contribution in [2.75, 3.05) is 6.61 Å². The first-order valence-corrected chi connectivity index (χ1v) is 11.2. The molecule has 0 aliphatic rings. The second-order valence-corrected chi connectivity index (χ2v) is 7.80. The summed E-state index contributed by atoms with van der Waals surface area (Å²) in [6.07, 6.45) is 1.03. The molecule has 1 unspecified atom stereocenters. The Morgan fingerprint density at radius 3 is 2.41 bits per heavy atom. The number of esters is 1. The largest absolute Gasteiger partial charge is 0.465 e. The van der Waals surface area contributed by atoms with Crippen molar-refractivity contribution in [1.29, 1.82) is 0 Å². The molecule has 7 nitrogen and oxygen atoms in total. The maximum atomic E-state index is 12.9. The highest BCUT2D eigenvalue weighted by atomic mass is 16.5. The van der Waals surface area contributed by atoms with Gasteiger partial charge in [0, 0.05) is 17.1 Å². The lowest BCUT2D eigenvalue weighted by atomic mass is 9.97. The number of carbonyl (C=O) groups excluding carboxylic acids is 1. The van der Waals surface area contributed by atoms with Crippen LogP contribution in [0.5, 0.6) is 0 Å². The monoisotopic (exact) mass is 455 g/mol. The topological polar surface area (TPSA) is 89.7 Å². The number of rotatable bonds is 9. The normalized spacial score (nSPS) is 12.1. The third kappa shape index (κ3) is 6.51. The Morgan fingerprint density at radius 2 is 1.74 bits per heavy atom. The molecule has 0 saturated carbocycles. The number of aryl methyl sites for hydroxylation is 2. The van der Waals surface area contributed by atoms with E-state index >= 15 is 0 Å². The van der Waals surface area contributed by atoms with Gasteiger partial charge >= 0.3 is 5.97 Å². The molecule has 0 aliphatic heterocycles. The van der Waals surface area contributed by atoms with Crippen LogP contribution in [0.25, 0.3) is 11.4 Å². The van der Waals surface area contributed by atoms with Gasteiger partial charge in [-0.25, -0.2) is 15.0 Å². The number of amidine groups is 1. The van der Waals surface area contributed by atoms with Gasteiger partial charge < -0.3 is 4.74 Å². The number of hydrogen-bond donors (Lipinski definition) is 0. The first kappa shape index (κ1) is 24.6. The van der Waals surface area contributed by atoms with Crippen molar-refractivity contribution in [1.82, 2.24) is 15.0 Å². The lowest BCUT2D eigenvalue weighted by Crippen LogP contribution is -2.18. The summed E-state index contributed by atoms with van der Waals surface area (Å²) in [4.78, 5) is 35.1. The summed E-state index contributed by atoms with van der Waals surface area (Å²) in [5.41, 5.74) is 5.06. The van der Waals surface area contributed by atoms with E-state index in [0.29, 0.717) is 48.1 Å². The van der Waals surface area contributed by atoms with Crippen LogP contribution >= 0.6 is 0 Å². The quantitative estimate of drug-likeness (QED) is 0.254. The van der Waals surface area contributed by atoms with Crippen LogP contribution in [0.1, 0.15) is 49.0 Å². The molecule has 0 aromatic carbocycles. The van der Waals surface area contributed by atoms with E-state index in [1.54, 1.807) is 13.8 Å². The minimum Gasteiger partial charge on any atom is -0.465 e. The number of nitrogens with zero attached hydrogens (tertiary/aromatic N) is 5. The predicted octanol–water partition coefficient (Wildman–Crippen LogP) is 5.11. The molecule has 3 heterocycles. The van der Waals surface area contributed by atoms with Crippen LogP contribution in [-0.2, 0) is 16.0 Å². The van der Waals surface area contributed by atoms with E-state index in [1.165, 1.54) is 0 Å². The van der Waals surface area contributed by atoms with E-state index in [-0.39, 0.29) is 5.97 Å². The van der Waals surface area contributed by atoms with Gasteiger partial charge in [-0.05, 0) is 76.7 Å². The molecule has 0 fully saturated rings. The third-order valence-corrected chi connectivity index (χ3v) is 5.02. The molecule has 0 saturated heterocycles. The number of aromatic nitrogens is 3. The highest BCUT2D eigenvalue weighted by Gasteiger charge is 2.24. The SMILES string of the molecule is C=NC(=NC(=C)C)c1cccc(CCC(C(=O)OCC)c2cccc(-c3cccc(C)n3)n2)n1. The fourth-order valence-electron chi connectivity index (χ4n) is 3.49. The van der Waals surface area contributed by atoms with Crippen LogP contribution in [0.4, 0.5) is 0 Å². The second-order valence-electron chi connectivity index (χ2n) is 7.80. The lowest BCUT2D eigenvalue weighted by Gasteiger charge is -2.16. The van der Waals surface area contributed by atoms with Crippen LogP contribution in [0.2, 0.25) is 0 Å². The molecule has 0 radical (unpaired) electrons. The molecule has 3 aromatic rings. The number of ether oxygens (including phenoxy) is 1. The minimum atomic E-state index is -0.531. The van der Waals surface area contributed by atoms with E-state index in [4.69, 9.17) is 9.72 Å². The summed E-state index contributed by atoms with van der Waals surface area (Å²) in [6.45, 7) is 13.2. The highest BCUT2D eigenvalue weighted by Crippen LogP contribution is 2.25. The number of aliphatic imine (C=N–C) groups is 2. The van der Waals surface area contributed by atoms with Crippen LogP contribution in [0, 0.1) is 6.92 Å². The highest BCUT2D eigenvalue weighted by molar-refractivity contribution is 6.00. The molecular formula is C27H29N5O2. The summed E-state index contributed by atoms with van der Waals surface area (Å²) < 4.78 is 5.37. The molecule has 174 valence electrons. The summed E-state index contributed by atoms with van der Waals surface area (Å²) in [5, 5.41) is 0. The Morgan fingerprint density at radius 1 is 1.03 bits per heavy atom. The van der Waals surface area contributed by atoms with Crippen LogP contribution < -0.4 is 0 Å². The van der Waals surface area contributed by atoms with Crippen molar-refractivity contribution in [2.24, 2.45) is 9.98 Å². The zero-order chi connectivity index (χ0) is 24.5. The second kappa shape index (κ2) is 11.7. The molecule has 0 aliphatic carbocycles. The van der Waals surface area contributed by atoms with Gasteiger partial charge in [0.15, 0.2) is 5.84 Å². The molecule has 34 heavy (non-hydrogen) atoms. The average molecular weight is 456 g/mol. The van der Waals surface area contributed by atoms with E-state index in [2.05, 4.69) is 33.2 Å². The van der Waals surface area contributed by atoms with Gasteiger partial charge in [-0.1, -0.05) is 24.8 Å².